The van der Waals surface area contributed by atoms with Gasteiger partial charge in [-0.15, -0.1) is 0 Å². The summed E-state index contributed by atoms with van der Waals surface area (Å²) in [5.74, 6) is 0.528. The van der Waals surface area contributed by atoms with Crippen LogP contribution in [0.3, 0.4) is 0 Å². The van der Waals surface area contributed by atoms with Gasteiger partial charge >= 0.3 is 5.97 Å². The molecule has 0 spiro atoms. The number of rotatable bonds is 10. The Morgan fingerprint density at radius 3 is 1.66 bits per heavy atom. The van der Waals surface area contributed by atoms with Crippen LogP contribution in [0.5, 0.6) is 11.5 Å². The predicted octanol–water partition coefficient (Wildman–Crippen LogP) is 5.97. The van der Waals surface area contributed by atoms with Crippen LogP contribution in [0.25, 0.3) is 0 Å². The quantitative estimate of drug-likeness (QED) is 0.277. The van der Waals surface area contributed by atoms with Crippen LogP contribution >= 0.6 is 0 Å². The lowest BCUT2D eigenvalue weighted by atomic mass is 10.0. The van der Waals surface area contributed by atoms with E-state index in [2.05, 4.69) is 12.1 Å². The van der Waals surface area contributed by atoms with Crippen LogP contribution in [0.2, 0.25) is 0 Å². The molecule has 1 atom stereocenters. The molecule has 3 N–H and O–H groups in total. The predicted molar refractivity (Wildman–Crippen MR) is 149 cm³/mol. The third-order valence-electron chi connectivity index (χ3n) is 4.99. The first kappa shape index (κ1) is 34.5. The first-order valence-corrected chi connectivity index (χ1v) is 12.5. The van der Waals surface area contributed by atoms with Crippen LogP contribution in [0.1, 0.15) is 37.5 Å². The standard InChI is InChI=1S/C15H15FO.C12H16O4.C2H6.CH5NO/c1-17-15-10-6-13(7-11-15)3-2-12-4-8-14(16)9-5-12;1-3-16-10-6-4-9(5-7-10)8-11(15-2)12(13)14;1-2;1-2-3/h4-11H,2-3H2,1H3;4-7,11H,3,8H2,1-2H3,(H,13,14);1-2H3;2-3H,1H3. The van der Waals surface area contributed by atoms with E-state index in [1.54, 1.807) is 12.6 Å². The van der Waals surface area contributed by atoms with Crippen molar-refractivity contribution in [3.63, 3.8) is 0 Å². The topological polar surface area (TPSA) is 97.3 Å². The number of aliphatic carboxylic acids is 1. The van der Waals surface area contributed by atoms with Crippen molar-refractivity contribution >= 4 is 5.97 Å². The molecule has 0 bridgehead atoms. The first-order chi connectivity index (χ1) is 18.4. The summed E-state index contributed by atoms with van der Waals surface area (Å²) in [4.78, 5) is 10.8. The second-order valence-electron chi connectivity index (χ2n) is 7.54. The number of ether oxygens (including phenoxy) is 3. The zero-order valence-corrected chi connectivity index (χ0v) is 23.2. The van der Waals surface area contributed by atoms with Gasteiger partial charge in [0.1, 0.15) is 17.3 Å². The summed E-state index contributed by atoms with van der Waals surface area (Å²) in [7, 11) is 4.49. The Kier molecular flexibility index (Phi) is 19.6. The first-order valence-electron chi connectivity index (χ1n) is 12.5. The molecule has 1 unspecified atom stereocenters. The number of hydrogen-bond acceptors (Lipinski definition) is 6. The van der Waals surface area contributed by atoms with Crippen LogP contribution in [0, 0.1) is 5.82 Å². The average Bonchev–Trinajstić information content (AvgIpc) is 2.94. The summed E-state index contributed by atoms with van der Waals surface area (Å²) >= 11 is 0. The Balaban J connectivity index is 0.000000618. The molecular formula is C30H42FNO6. The van der Waals surface area contributed by atoms with Gasteiger partial charge in [0.2, 0.25) is 0 Å². The van der Waals surface area contributed by atoms with Gasteiger partial charge in [0.05, 0.1) is 13.7 Å². The molecule has 0 heterocycles. The monoisotopic (exact) mass is 531 g/mol. The van der Waals surface area contributed by atoms with Crippen LogP contribution in [-0.2, 0) is 28.8 Å². The number of halogens is 1. The highest BCUT2D eigenvalue weighted by molar-refractivity contribution is 5.72. The fraction of sp³-hybridized carbons (Fsp3) is 0.367. The van der Waals surface area contributed by atoms with E-state index in [1.807, 2.05) is 69.3 Å². The van der Waals surface area contributed by atoms with E-state index in [-0.39, 0.29) is 5.82 Å². The van der Waals surface area contributed by atoms with Crippen LogP contribution in [0.4, 0.5) is 4.39 Å². The molecule has 0 radical (unpaired) electrons. The number of carboxylic acids is 1. The molecule has 0 aliphatic rings. The van der Waals surface area contributed by atoms with Gasteiger partial charge in [-0.05, 0) is 72.9 Å². The van der Waals surface area contributed by atoms with E-state index in [9.17, 15) is 9.18 Å². The lowest BCUT2D eigenvalue weighted by Crippen LogP contribution is -2.24. The Morgan fingerprint density at radius 2 is 1.26 bits per heavy atom. The molecule has 0 saturated carbocycles. The highest BCUT2D eigenvalue weighted by atomic mass is 19.1. The molecule has 3 rings (SSSR count). The third kappa shape index (κ3) is 14.9. The van der Waals surface area contributed by atoms with Crippen molar-refractivity contribution in [2.75, 3.05) is 27.9 Å². The Bertz CT molecular complexity index is 979. The second-order valence-corrected chi connectivity index (χ2v) is 7.54. The van der Waals surface area contributed by atoms with Crippen molar-refractivity contribution in [1.29, 1.82) is 0 Å². The highest BCUT2D eigenvalue weighted by Crippen LogP contribution is 2.15. The van der Waals surface area contributed by atoms with Crippen molar-refractivity contribution in [3.05, 3.63) is 95.3 Å². The number of aryl methyl sites for hydroxylation is 2. The van der Waals surface area contributed by atoms with E-state index in [1.165, 1.54) is 31.9 Å². The number of benzene rings is 3. The zero-order chi connectivity index (χ0) is 28.8. The molecule has 0 fully saturated rings. The van der Waals surface area contributed by atoms with Crippen LogP contribution in [-0.4, -0.2) is 50.3 Å². The normalized spacial score (nSPS) is 10.3. The lowest BCUT2D eigenvalue weighted by Gasteiger charge is -2.10. The Morgan fingerprint density at radius 1 is 0.842 bits per heavy atom. The van der Waals surface area contributed by atoms with Gasteiger partial charge in [-0.2, -0.15) is 0 Å². The summed E-state index contributed by atoms with van der Waals surface area (Å²) in [5.41, 5.74) is 5.08. The molecule has 210 valence electrons. The summed E-state index contributed by atoms with van der Waals surface area (Å²) in [5, 5.41) is 16.1. The Hall–Kier alpha value is -3.46. The van der Waals surface area contributed by atoms with Crippen molar-refractivity contribution < 1.29 is 33.7 Å². The van der Waals surface area contributed by atoms with Gasteiger partial charge in [0.25, 0.3) is 0 Å². The molecule has 8 heteroatoms. The molecular weight excluding hydrogens is 489 g/mol. The molecule has 38 heavy (non-hydrogen) atoms. The van der Waals surface area contributed by atoms with Crippen molar-refractivity contribution in [3.8, 4) is 11.5 Å². The van der Waals surface area contributed by atoms with Gasteiger partial charge in [-0.25, -0.2) is 14.7 Å². The van der Waals surface area contributed by atoms with Gasteiger partial charge < -0.3 is 24.5 Å². The second kappa shape index (κ2) is 21.6. The molecule has 0 amide bonds. The molecule has 7 nitrogen and oxygen atoms in total. The Labute approximate surface area is 226 Å². The van der Waals surface area contributed by atoms with Gasteiger partial charge in [-0.1, -0.05) is 50.2 Å². The number of hydroxylamine groups is 1. The lowest BCUT2D eigenvalue weighted by molar-refractivity contribution is -0.148. The van der Waals surface area contributed by atoms with E-state index in [0.717, 1.165) is 35.5 Å². The van der Waals surface area contributed by atoms with Crippen molar-refractivity contribution in [2.45, 2.75) is 46.1 Å². The van der Waals surface area contributed by atoms with E-state index < -0.39 is 12.1 Å². The molecule has 3 aromatic carbocycles. The van der Waals surface area contributed by atoms with Crippen LogP contribution in [0.15, 0.2) is 72.8 Å². The van der Waals surface area contributed by atoms with Crippen LogP contribution < -0.4 is 15.0 Å². The van der Waals surface area contributed by atoms with Gasteiger partial charge in [0, 0.05) is 20.6 Å². The fourth-order valence-corrected chi connectivity index (χ4v) is 3.11. The minimum absolute atomic E-state index is 0.182. The number of nitrogens with one attached hydrogen (secondary N) is 1. The fourth-order valence-electron chi connectivity index (χ4n) is 3.11. The SMILES string of the molecule is CC.CCOc1ccc(CC(OC)C(=O)O)cc1.CNO.COc1ccc(CCc2ccc(F)cc2)cc1. The number of carboxylic acid groups (broad SMARTS) is 1. The summed E-state index contributed by atoms with van der Waals surface area (Å²) < 4.78 is 28.0. The minimum Gasteiger partial charge on any atom is -0.497 e. The minimum atomic E-state index is -0.948. The smallest absolute Gasteiger partial charge is 0.333 e. The van der Waals surface area contributed by atoms with E-state index in [0.29, 0.717) is 13.0 Å². The molecule has 0 aliphatic heterocycles. The van der Waals surface area contributed by atoms with Crippen molar-refractivity contribution in [1.82, 2.24) is 5.48 Å². The van der Waals surface area contributed by atoms with Crippen molar-refractivity contribution in [2.24, 2.45) is 0 Å². The maximum Gasteiger partial charge on any atom is 0.333 e. The maximum absolute atomic E-state index is 12.7. The number of carbonyl (C=O) groups is 1. The summed E-state index contributed by atoms with van der Waals surface area (Å²) in [6, 6.07) is 22.1. The van der Waals surface area contributed by atoms with Gasteiger partial charge in [0.15, 0.2) is 6.10 Å². The molecule has 3 aromatic rings. The summed E-state index contributed by atoms with van der Waals surface area (Å²) in [6.45, 7) is 6.54. The number of methoxy groups -OCH3 is 2. The van der Waals surface area contributed by atoms with Gasteiger partial charge in [-0.3, -0.25) is 0 Å². The molecule has 0 saturated heterocycles. The highest BCUT2D eigenvalue weighted by Gasteiger charge is 2.16. The van der Waals surface area contributed by atoms with E-state index >= 15 is 0 Å². The molecule has 0 aromatic heterocycles. The summed E-state index contributed by atoms with van der Waals surface area (Å²) in [6.07, 6.45) is 1.44. The molecule has 0 aliphatic carbocycles. The number of hydrogen-bond donors (Lipinski definition) is 3. The third-order valence-corrected chi connectivity index (χ3v) is 4.99. The van der Waals surface area contributed by atoms with E-state index in [4.69, 9.17) is 24.5 Å². The average molecular weight is 532 g/mol. The largest absolute Gasteiger partial charge is 0.497 e. The zero-order valence-electron chi connectivity index (χ0n) is 23.2. The maximum atomic E-state index is 12.7.